The van der Waals surface area contributed by atoms with Crippen molar-refractivity contribution in [2.45, 2.75) is 20.8 Å². The molecule has 162 valence electrons. The van der Waals surface area contributed by atoms with Crippen molar-refractivity contribution in [3.8, 4) is 0 Å². The number of carbonyl (C=O) groups is 1. The first-order valence-electron chi connectivity index (χ1n) is 10.2. The van der Waals surface area contributed by atoms with Crippen LogP contribution in [0.4, 0.5) is 10.8 Å². The number of aryl methyl sites for hydroxylation is 1. The number of thiazole rings is 1. The minimum atomic E-state index is -0.442. The summed E-state index contributed by atoms with van der Waals surface area (Å²) in [7, 11) is 0. The molecule has 1 amide bonds. The number of non-ortho nitro benzene ring substituents is 1. The number of hydrogen-bond donors (Lipinski definition) is 0. The number of likely N-dealkylation sites (N-methyl/N-ethyl adjacent to an activating group) is 1. The van der Waals surface area contributed by atoms with Crippen LogP contribution < -0.4 is 4.90 Å². The molecule has 0 N–H and O–H groups in total. The number of fused-ring (bicyclic) bond motifs is 1. The van der Waals surface area contributed by atoms with Crippen molar-refractivity contribution in [3.63, 3.8) is 0 Å². The summed E-state index contributed by atoms with van der Waals surface area (Å²) in [5.41, 5.74) is 2.78. The molecule has 8 heteroatoms. The van der Waals surface area contributed by atoms with Crippen molar-refractivity contribution in [1.82, 2.24) is 9.88 Å². The number of nitrogens with zero attached hydrogens (tertiary/aromatic N) is 4. The predicted molar refractivity (Wildman–Crippen MR) is 127 cm³/mol. The number of carbonyl (C=O) groups excluding carboxylic acids is 1. The van der Waals surface area contributed by atoms with E-state index in [0.717, 1.165) is 41.0 Å². The summed E-state index contributed by atoms with van der Waals surface area (Å²) >= 11 is 1.51. The van der Waals surface area contributed by atoms with E-state index in [0.29, 0.717) is 11.7 Å². The van der Waals surface area contributed by atoms with Crippen molar-refractivity contribution in [2.24, 2.45) is 0 Å². The number of nitro benzene ring substituents is 1. The van der Waals surface area contributed by atoms with Gasteiger partial charge < -0.3 is 4.90 Å². The molecule has 0 atom stereocenters. The van der Waals surface area contributed by atoms with Crippen LogP contribution in [0.2, 0.25) is 0 Å². The third kappa shape index (κ3) is 5.74. The predicted octanol–water partition coefficient (Wildman–Crippen LogP) is 4.90. The first kappa shape index (κ1) is 22.6. The molecule has 31 heavy (non-hydrogen) atoms. The molecular formula is C23H26N4O3S. The Kier molecular flexibility index (Phi) is 7.49. The van der Waals surface area contributed by atoms with Crippen molar-refractivity contribution in [1.29, 1.82) is 0 Å². The van der Waals surface area contributed by atoms with Gasteiger partial charge in [-0.05, 0) is 61.5 Å². The number of aromatic nitrogens is 1. The van der Waals surface area contributed by atoms with Gasteiger partial charge in [0.15, 0.2) is 5.13 Å². The van der Waals surface area contributed by atoms with Gasteiger partial charge in [-0.2, -0.15) is 0 Å². The third-order valence-corrected chi connectivity index (χ3v) is 6.13. The molecule has 0 saturated carbocycles. The maximum Gasteiger partial charge on any atom is 0.269 e. The summed E-state index contributed by atoms with van der Waals surface area (Å²) in [6.07, 6.45) is 3.18. The van der Waals surface area contributed by atoms with E-state index in [1.54, 1.807) is 23.1 Å². The molecule has 0 aliphatic heterocycles. The lowest BCUT2D eigenvalue weighted by Crippen LogP contribution is -2.38. The van der Waals surface area contributed by atoms with Gasteiger partial charge in [-0.15, -0.1) is 0 Å². The lowest BCUT2D eigenvalue weighted by molar-refractivity contribution is -0.384. The monoisotopic (exact) mass is 438 g/mol. The van der Waals surface area contributed by atoms with Crippen LogP contribution in [0, 0.1) is 17.0 Å². The van der Waals surface area contributed by atoms with E-state index in [1.165, 1.54) is 29.5 Å². The van der Waals surface area contributed by atoms with Crippen LogP contribution in [0.5, 0.6) is 0 Å². The van der Waals surface area contributed by atoms with Crippen LogP contribution in [-0.4, -0.2) is 46.9 Å². The van der Waals surface area contributed by atoms with E-state index >= 15 is 0 Å². The van der Waals surface area contributed by atoms with Crippen LogP contribution in [-0.2, 0) is 4.79 Å². The Labute approximate surface area is 185 Å². The van der Waals surface area contributed by atoms with Crippen LogP contribution in [0.15, 0.2) is 48.5 Å². The van der Waals surface area contributed by atoms with Gasteiger partial charge in [-0.25, -0.2) is 4.98 Å². The number of benzene rings is 2. The summed E-state index contributed by atoms with van der Waals surface area (Å²) < 4.78 is 1.05. The minimum Gasteiger partial charge on any atom is -0.302 e. The largest absolute Gasteiger partial charge is 0.302 e. The van der Waals surface area contributed by atoms with Gasteiger partial charge >= 0.3 is 0 Å². The highest BCUT2D eigenvalue weighted by Gasteiger charge is 2.19. The van der Waals surface area contributed by atoms with Gasteiger partial charge in [0.2, 0.25) is 0 Å². The number of amides is 1. The SMILES string of the molecule is CCN(CC)CCN(C(=O)/C=C\c1ccc([N+](=O)[O-])cc1)c1nc2ccc(C)cc2s1. The van der Waals surface area contributed by atoms with E-state index in [-0.39, 0.29) is 11.6 Å². The smallest absolute Gasteiger partial charge is 0.269 e. The molecular weight excluding hydrogens is 412 g/mol. The molecule has 3 aromatic rings. The topological polar surface area (TPSA) is 79.6 Å². The maximum atomic E-state index is 13.1. The summed E-state index contributed by atoms with van der Waals surface area (Å²) in [4.78, 5) is 32.1. The zero-order chi connectivity index (χ0) is 22.4. The highest BCUT2D eigenvalue weighted by atomic mass is 32.1. The zero-order valence-electron chi connectivity index (χ0n) is 17.9. The van der Waals surface area contributed by atoms with Gasteiger partial charge in [0, 0.05) is 31.3 Å². The van der Waals surface area contributed by atoms with Gasteiger partial charge in [0.05, 0.1) is 15.1 Å². The Balaban J connectivity index is 1.84. The standard InChI is InChI=1S/C23H26N4O3S/c1-4-25(5-2)14-15-26(23-24-20-12-6-17(3)16-21(20)31-23)22(28)13-9-18-7-10-19(11-8-18)27(29)30/h6-13,16H,4-5,14-15H2,1-3H3/b13-9-. The molecule has 0 unspecified atom stereocenters. The second-order valence-electron chi connectivity index (χ2n) is 7.17. The summed E-state index contributed by atoms with van der Waals surface area (Å²) in [6.45, 7) is 9.35. The fourth-order valence-electron chi connectivity index (χ4n) is 3.18. The first-order valence-corrected chi connectivity index (χ1v) is 11.1. The van der Waals surface area contributed by atoms with Gasteiger partial charge in [0.1, 0.15) is 0 Å². The molecule has 0 spiro atoms. The molecule has 0 saturated heterocycles. The fraction of sp³-hybridized carbons (Fsp3) is 0.304. The zero-order valence-corrected chi connectivity index (χ0v) is 18.8. The van der Waals surface area contributed by atoms with Crippen molar-refractivity contribution < 1.29 is 9.72 Å². The van der Waals surface area contributed by atoms with Gasteiger partial charge in [-0.3, -0.25) is 19.8 Å². The second kappa shape index (κ2) is 10.3. The van der Waals surface area contributed by atoms with E-state index in [1.807, 2.05) is 19.1 Å². The molecule has 0 bridgehead atoms. The lowest BCUT2D eigenvalue weighted by atomic mass is 10.2. The quantitative estimate of drug-likeness (QED) is 0.270. The molecule has 1 aromatic heterocycles. The molecule has 0 fully saturated rings. The van der Waals surface area contributed by atoms with E-state index < -0.39 is 4.92 Å². The number of nitro groups is 1. The number of rotatable bonds is 9. The normalized spacial score (nSPS) is 11.5. The number of anilines is 1. The minimum absolute atomic E-state index is 0.0223. The molecule has 0 aliphatic rings. The van der Waals surface area contributed by atoms with E-state index in [9.17, 15) is 14.9 Å². The molecule has 0 radical (unpaired) electrons. The van der Waals surface area contributed by atoms with E-state index in [4.69, 9.17) is 0 Å². The Hall–Kier alpha value is -3.10. The molecule has 0 aliphatic carbocycles. The van der Waals surface area contributed by atoms with Crippen LogP contribution in [0.1, 0.15) is 25.0 Å². The Morgan fingerprint density at radius 2 is 1.84 bits per heavy atom. The Morgan fingerprint density at radius 3 is 2.48 bits per heavy atom. The molecule has 3 rings (SSSR count). The maximum absolute atomic E-state index is 13.1. The van der Waals surface area contributed by atoms with Crippen LogP contribution in [0.25, 0.3) is 16.3 Å². The Morgan fingerprint density at radius 1 is 1.13 bits per heavy atom. The van der Waals surface area contributed by atoms with Crippen molar-refractivity contribution in [2.75, 3.05) is 31.1 Å². The van der Waals surface area contributed by atoms with E-state index in [2.05, 4.69) is 29.8 Å². The number of hydrogen-bond acceptors (Lipinski definition) is 6. The third-order valence-electron chi connectivity index (χ3n) is 5.09. The van der Waals surface area contributed by atoms with Crippen LogP contribution >= 0.6 is 11.3 Å². The van der Waals surface area contributed by atoms with Gasteiger partial charge in [-0.1, -0.05) is 31.3 Å². The molecule has 2 aromatic carbocycles. The Bertz CT molecular complexity index is 1090. The summed E-state index contributed by atoms with van der Waals surface area (Å²) in [5, 5.41) is 11.5. The van der Waals surface area contributed by atoms with Crippen molar-refractivity contribution in [3.05, 3.63) is 69.8 Å². The first-order chi connectivity index (χ1) is 14.9. The van der Waals surface area contributed by atoms with Crippen molar-refractivity contribution >= 4 is 44.4 Å². The summed E-state index contributed by atoms with van der Waals surface area (Å²) in [5.74, 6) is -0.165. The van der Waals surface area contributed by atoms with Crippen LogP contribution in [0.3, 0.4) is 0 Å². The average molecular weight is 439 g/mol. The average Bonchev–Trinajstić information content (AvgIpc) is 3.18. The highest BCUT2D eigenvalue weighted by Crippen LogP contribution is 2.30. The molecule has 7 nitrogen and oxygen atoms in total. The lowest BCUT2D eigenvalue weighted by Gasteiger charge is -2.23. The van der Waals surface area contributed by atoms with Gasteiger partial charge in [0.25, 0.3) is 11.6 Å². The molecule has 1 heterocycles. The second-order valence-corrected chi connectivity index (χ2v) is 8.18. The highest BCUT2D eigenvalue weighted by molar-refractivity contribution is 7.22. The fourth-order valence-corrected chi connectivity index (χ4v) is 4.28. The summed E-state index contributed by atoms with van der Waals surface area (Å²) in [6, 6.07) is 12.2.